The summed E-state index contributed by atoms with van der Waals surface area (Å²) in [4.78, 5) is 12.3. The molecule has 2 rings (SSSR count). The van der Waals surface area contributed by atoms with Crippen LogP contribution in [0.5, 0.6) is 5.75 Å². The second-order valence-corrected chi connectivity index (χ2v) is 8.35. The van der Waals surface area contributed by atoms with Crippen LogP contribution in [-0.2, 0) is 4.79 Å². The van der Waals surface area contributed by atoms with Crippen molar-refractivity contribution >= 4 is 5.91 Å². The van der Waals surface area contributed by atoms with Crippen molar-refractivity contribution in [3.8, 4) is 5.75 Å². The number of aryl methyl sites for hydroxylation is 2. The van der Waals surface area contributed by atoms with Crippen LogP contribution in [0, 0.1) is 13.8 Å². The van der Waals surface area contributed by atoms with Gasteiger partial charge in [0.25, 0.3) is 5.91 Å². The van der Waals surface area contributed by atoms with Crippen molar-refractivity contribution < 1.29 is 14.8 Å². The van der Waals surface area contributed by atoms with Gasteiger partial charge in [-0.3, -0.25) is 4.79 Å². The molecule has 4 heteroatoms. The maximum atomic E-state index is 12.3. The third-order valence-electron chi connectivity index (χ3n) is 4.39. The predicted octanol–water partition coefficient (Wildman–Crippen LogP) is 2.08. The number of amides is 1. The molecule has 1 aliphatic heterocycles. The molecule has 1 fully saturated rings. The van der Waals surface area contributed by atoms with Crippen LogP contribution >= 0.6 is 0 Å². The highest BCUT2D eigenvalue weighted by atomic mass is 16.5. The number of nitrogens with one attached hydrogen (secondary N) is 1. The van der Waals surface area contributed by atoms with Gasteiger partial charge in [0.2, 0.25) is 0 Å². The summed E-state index contributed by atoms with van der Waals surface area (Å²) in [6, 6.07) is 6.25. The zero-order valence-corrected chi connectivity index (χ0v) is 15.3. The van der Waals surface area contributed by atoms with Crippen LogP contribution in [0.3, 0.4) is 0 Å². The average Bonchev–Trinajstić information content (AvgIpc) is 2.36. The van der Waals surface area contributed by atoms with Gasteiger partial charge in [0.15, 0.2) is 6.61 Å². The third kappa shape index (κ3) is 5.24. The van der Waals surface area contributed by atoms with Crippen molar-refractivity contribution in [1.29, 1.82) is 0 Å². The number of rotatable bonds is 4. The number of hydrogen-bond acceptors (Lipinski definition) is 2. The number of quaternary nitrogens is 1. The lowest BCUT2D eigenvalue weighted by Crippen LogP contribution is -3.06. The lowest BCUT2D eigenvalue weighted by molar-refractivity contribution is -0.787. The van der Waals surface area contributed by atoms with E-state index in [1.54, 1.807) is 0 Å². The van der Waals surface area contributed by atoms with Gasteiger partial charge in [-0.15, -0.1) is 0 Å². The van der Waals surface area contributed by atoms with Crippen molar-refractivity contribution in [3.05, 3.63) is 29.3 Å². The molecule has 0 atom stereocenters. The second kappa shape index (κ2) is 6.52. The molecule has 0 bridgehead atoms. The molecule has 0 saturated carbocycles. The number of carbonyl (C=O) groups excluding carboxylic acids is 1. The Hall–Kier alpha value is -1.55. The van der Waals surface area contributed by atoms with Crippen LogP contribution in [0.2, 0.25) is 0 Å². The van der Waals surface area contributed by atoms with Crippen molar-refractivity contribution in [3.63, 3.8) is 0 Å². The minimum atomic E-state index is -0.0376. The summed E-state index contributed by atoms with van der Waals surface area (Å²) in [5.41, 5.74) is 2.48. The summed E-state index contributed by atoms with van der Waals surface area (Å²) in [5.74, 6) is 0.752. The molecule has 0 spiro atoms. The molecular weight excluding hydrogens is 288 g/mol. The number of benzene rings is 1. The summed E-state index contributed by atoms with van der Waals surface area (Å²) < 4.78 is 5.71. The first kappa shape index (κ1) is 17.8. The topological polar surface area (TPSA) is 54.9 Å². The average molecular weight is 319 g/mol. The third-order valence-corrected chi connectivity index (χ3v) is 4.39. The van der Waals surface area contributed by atoms with Crippen LogP contribution in [0.15, 0.2) is 18.2 Å². The van der Waals surface area contributed by atoms with E-state index in [-0.39, 0.29) is 29.6 Å². The Morgan fingerprint density at radius 3 is 2.43 bits per heavy atom. The Kier molecular flexibility index (Phi) is 5.04. The number of piperidine rings is 1. The first-order chi connectivity index (χ1) is 10.6. The van der Waals surface area contributed by atoms with E-state index in [1.807, 2.05) is 32.0 Å². The molecule has 1 saturated heterocycles. The number of nitrogens with two attached hydrogens (primary N) is 1. The molecule has 1 aromatic carbocycles. The standard InChI is InChI=1S/C19H30N2O2/c1-13-7-8-14(2)16(9-13)23-12-17(22)20-15-10-18(3,4)21-19(5,6)11-15/h7-9,15,21H,10-12H2,1-6H3,(H,20,22)/p+1. The highest BCUT2D eigenvalue weighted by Gasteiger charge is 2.42. The van der Waals surface area contributed by atoms with Gasteiger partial charge in [-0.1, -0.05) is 12.1 Å². The number of carbonyl (C=O) groups is 1. The van der Waals surface area contributed by atoms with Gasteiger partial charge >= 0.3 is 0 Å². The zero-order chi connectivity index (χ0) is 17.3. The Labute approximate surface area is 140 Å². The SMILES string of the molecule is Cc1ccc(C)c(OCC(=O)NC2CC(C)(C)[NH2+]C(C)(C)C2)c1. The van der Waals surface area contributed by atoms with Crippen molar-refractivity contribution in [2.75, 3.05) is 6.61 Å². The van der Waals surface area contributed by atoms with Crippen LogP contribution in [0.4, 0.5) is 0 Å². The van der Waals surface area contributed by atoms with E-state index in [0.717, 1.165) is 29.7 Å². The summed E-state index contributed by atoms with van der Waals surface area (Å²) in [7, 11) is 0. The Morgan fingerprint density at radius 1 is 1.22 bits per heavy atom. The first-order valence-electron chi connectivity index (χ1n) is 8.43. The maximum Gasteiger partial charge on any atom is 0.258 e. The van der Waals surface area contributed by atoms with E-state index in [9.17, 15) is 4.79 Å². The van der Waals surface area contributed by atoms with E-state index in [0.29, 0.717) is 0 Å². The lowest BCUT2D eigenvalue weighted by atomic mass is 9.79. The second-order valence-electron chi connectivity index (χ2n) is 8.35. The smallest absolute Gasteiger partial charge is 0.258 e. The summed E-state index contributed by atoms with van der Waals surface area (Å²) in [6.07, 6.45) is 1.96. The van der Waals surface area contributed by atoms with E-state index < -0.39 is 0 Å². The monoisotopic (exact) mass is 319 g/mol. The predicted molar refractivity (Wildman–Crippen MR) is 92.7 cm³/mol. The van der Waals surface area contributed by atoms with Gasteiger partial charge in [-0.05, 0) is 58.7 Å². The van der Waals surface area contributed by atoms with E-state index in [4.69, 9.17) is 4.74 Å². The maximum absolute atomic E-state index is 12.3. The van der Waals surface area contributed by atoms with Crippen molar-refractivity contribution in [2.24, 2.45) is 0 Å². The molecule has 0 unspecified atom stereocenters. The van der Waals surface area contributed by atoms with E-state index in [1.165, 1.54) is 0 Å². The molecule has 1 aromatic rings. The highest BCUT2D eigenvalue weighted by Crippen LogP contribution is 2.22. The summed E-state index contributed by atoms with van der Waals surface area (Å²) >= 11 is 0. The highest BCUT2D eigenvalue weighted by molar-refractivity contribution is 5.77. The summed E-state index contributed by atoms with van der Waals surface area (Å²) in [6.45, 7) is 13.0. The van der Waals surface area contributed by atoms with Gasteiger partial charge in [-0.2, -0.15) is 0 Å². The Bertz CT molecular complexity index is 563. The van der Waals surface area contributed by atoms with Crippen LogP contribution in [-0.4, -0.2) is 29.6 Å². The fourth-order valence-electron chi connectivity index (χ4n) is 3.90. The molecule has 1 heterocycles. The number of hydrogen-bond donors (Lipinski definition) is 2. The van der Waals surface area contributed by atoms with Crippen molar-refractivity contribution in [1.82, 2.24) is 5.32 Å². The minimum Gasteiger partial charge on any atom is -0.483 e. The molecule has 0 aliphatic carbocycles. The molecule has 0 radical (unpaired) electrons. The Morgan fingerprint density at radius 2 is 1.83 bits per heavy atom. The molecular formula is C19H31N2O2+. The zero-order valence-electron chi connectivity index (χ0n) is 15.3. The molecule has 1 amide bonds. The molecule has 128 valence electrons. The minimum absolute atomic E-state index is 0.0376. The largest absolute Gasteiger partial charge is 0.483 e. The van der Waals surface area contributed by atoms with Gasteiger partial charge in [0.1, 0.15) is 5.75 Å². The van der Waals surface area contributed by atoms with Gasteiger partial charge in [0.05, 0.1) is 11.1 Å². The van der Waals surface area contributed by atoms with Crippen LogP contribution in [0.25, 0.3) is 0 Å². The van der Waals surface area contributed by atoms with E-state index in [2.05, 4.69) is 38.3 Å². The first-order valence-corrected chi connectivity index (χ1v) is 8.43. The molecule has 4 nitrogen and oxygen atoms in total. The quantitative estimate of drug-likeness (QED) is 0.893. The van der Waals surface area contributed by atoms with Gasteiger partial charge in [0, 0.05) is 18.9 Å². The number of ether oxygens (including phenoxy) is 1. The Balaban J connectivity index is 1.91. The van der Waals surface area contributed by atoms with Crippen molar-refractivity contribution in [2.45, 2.75) is 71.5 Å². The molecule has 0 aromatic heterocycles. The molecule has 3 N–H and O–H groups in total. The normalized spacial score (nSPS) is 20.1. The van der Waals surface area contributed by atoms with Crippen LogP contribution < -0.4 is 15.4 Å². The fraction of sp³-hybridized carbons (Fsp3) is 0.632. The van der Waals surface area contributed by atoms with Gasteiger partial charge < -0.3 is 15.4 Å². The molecule has 23 heavy (non-hydrogen) atoms. The van der Waals surface area contributed by atoms with Crippen LogP contribution in [0.1, 0.15) is 51.7 Å². The lowest BCUT2D eigenvalue weighted by Gasteiger charge is -2.43. The van der Waals surface area contributed by atoms with Gasteiger partial charge in [-0.25, -0.2) is 0 Å². The van der Waals surface area contributed by atoms with E-state index >= 15 is 0 Å². The fourth-order valence-corrected chi connectivity index (χ4v) is 3.90. The summed E-state index contributed by atoms with van der Waals surface area (Å²) in [5, 5.41) is 5.56. The molecule has 1 aliphatic rings.